The molecule has 0 saturated carbocycles. The van der Waals surface area contributed by atoms with Crippen molar-refractivity contribution in [2.45, 2.75) is 57.3 Å². The van der Waals surface area contributed by atoms with Crippen LogP contribution in [0.4, 0.5) is 13.2 Å². The summed E-state index contributed by atoms with van der Waals surface area (Å²) in [7, 11) is -4.03. The molecular weight excluding hydrogens is 431 g/mol. The van der Waals surface area contributed by atoms with Gasteiger partial charge in [0.05, 0.1) is 10.5 Å². The largest absolute Gasteiger partial charge is 0.459 e. The fourth-order valence-corrected chi connectivity index (χ4v) is 4.07. The van der Waals surface area contributed by atoms with Crippen molar-refractivity contribution in [3.63, 3.8) is 0 Å². The molecule has 1 N–H and O–H groups in total. The lowest BCUT2D eigenvalue weighted by Crippen LogP contribution is -2.47. The smallest absolute Gasteiger partial charge is 0.416 e. The monoisotopic (exact) mass is 457 g/mol. The Bertz CT molecular complexity index is 1010. The van der Waals surface area contributed by atoms with Crippen LogP contribution in [-0.4, -0.2) is 26.0 Å². The number of alkyl halides is 3. The fraction of sp³-hybridized carbons (Fsp3) is 0.409. The maximum Gasteiger partial charge on any atom is 0.416 e. The minimum Gasteiger partial charge on any atom is -0.459 e. The van der Waals surface area contributed by atoms with E-state index in [0.717, 1.165) is 12.1 Å². The average molecular weight is 458 g/mol. The average Bonchev–Trinajstić information content (AvgIpc) is 2.64. The third-order valence-corrected chi connectivity index (χ3v) is 5.78. The maximum atomic E-state index is 12.8. The van der Waals surface area contributed by atoms with Crippen molar-refractivity contribution in [1.29, 1.82) is 0 Å². The molecule has 0 saturated heterocycles. The highest BCUT2D eigenvalue weighted by Crippen LogP contribution is 2.31. The molecule has 2 aromatic carbocycles. The number of carbonyl (C=O) groups is 1. The molecule has 5 nitrogen and oxygen atoms in total. The van der Waals surface area contributed by atoms with E-state index in [9.17, 15) is 26.4 Å². The molecule has 0 aliphatic heterocycles. The number of hydrogen-bond donors (Lipinski definition) is 1. The highest BCUT2D eigenvalue weighted by atomic mass is 32.2. The number of benzene rings is 2. The van der Waals surface area contributed by atoms with E-state index in [1.54, 1.807) is 34.6 Å². The molecule has 0 fully saturated rings. The number of rotatable bonds is 6. The van der Waals surface area contributed by atoms with Crippen LogP contribution >= 0.6 is 0 Å². The number of ether oxygens (including phenoxy) is 1. The Balaban J connectivity index is 2.23. The summed E-state index contributed by atoms with van der Waals surface area (Å²) in [6, 6.07) is 9.17. The first kappa shape index (κ1) is 24.9. The molecule has 0 aromatic heterocycles. The van der Waals surface area contributed by atoms with Gasteiger partial charge in [0, 0.05) is 0 Å². The van der Waals surface area contributed by atoms with Gasteiger partial charge in [0.25, 0.3) is 0 Å². The van der Waals surface area contributed by atoms with Gasteiger partial charge in [-0.1, -0.05) is 38.1 Å². The molecular formula is C22H26F3NO4S. The Labute approximate surface area is 180 Å². The van der Waals surface area contributed by atoms with Gasteiger partial charge in [-0.15, -0.1) is 0 Å². The number of halogens is 3. The molecule has 0 spiro atoms. The fourth-order valence-electron chi connectivity index (χ4n) is 2.74. The van der Waals surface area contributed by atoms with Crippen LogP contribution in [0.25, 0.3) is 11.1 Å². The van der Waals surface area contributed by atoms with Gasteiger partial charge in [0.15, 0.2) is 0 Å². The minimum absolute atomic E-state index is 0.0719. The number of carbonyl (C=O) groups excluding carboxylic acids is 1. The maximum absolute atomic E-state index is 12.8. The lowest BCUT2D eigenvalue weighted by atomic mass is 10.0. The summed E-state index contributed by atoms with van der Waals surface area (Å²) in [4.78, 5) is 12.3. The lowest BCUT2D eigenvalue weighted by Gasteiger charge is -2.26. The van der Waals surface area contributed by atoms with Crippen LogP contribution in [0.1, 0.15) is 40.2 Å². The Morgan fingerprint density at radius 1 is 0.903 bits per heavy atom. The zero-order valence-corrected chi connectivity index (χ0v) is 18.8. The zero-order valence-electron chi connectivity index (χ0n) is 17.9. The second-order valence-corrected chi connectivity index (χ2v) is 10.2. The molecule has 2 rings (SSSR count). The van der Waals surface area contributed by atoms with Crippen LogP contribution in [0.3, 0.4) is 0 Å². The molecule has 1 atom stereocenters. The van der Waals surface area contributed by atoms with Crippen LogP contribution in [0, 0.1) is 5.92 Å². The molecule has 0 amide bonds. The van der Waals surface area contributed by atoms with E-state index in [1.165, 1.54) is 36.4 Å². The predicted octanol–water partition coefficient (Wildman–Crippen LogP) is 5.02. The number of esters is 1. The summed E-state index contributed by atoms with van der Waals surface area (Å²) in [6.07, 6.45) is -4.43. The summed E-state index contributed by atoms with van der Waals surface area (Å²) in [6.45, 7) is 8.47. The molecule has 0 aliphatic rings. The second-order valence-electron chi connectivity index (χ2n) is 8.48. The third-order valence-electron chi connectivity index (χ3n) is 4.32. The minimum atomic E-state index is -4.43. The van der Waals surface area contributed by atoms with Crippen LogP contribution < -0.4 is 4.72 Å². The SMILES string of the molecule is CC(C)[C@H](NS(=O)(=O)c1ccc(-c2ccc(C(F)(F)F)cc2)cc1)C(=O)OC(C)(C)C. The predicted molar refractivity (Wildman–Crippen MR) is 112 cm³/mol. The zero-order chi connectivity index (χ0) is 23.6. The van der Waals surface area contributed by atoms with Gasteiger partial charge in [-0.3, -0.25) is 4.79 Å². The van der Waals surface area contributed by atoms with E-state index in [2.05, 4.69) is 4.72 Å². The van der Waals surface area contributed by atoms with Gasteiger partial charge >= 0.3 is 12.1 Å². The standard InChI is InChI=1S/C22H26F3NO4S/c1-14(2)19(20(27)30-21(3,4)5)26-31(28,29)18-12-8-16(9-13-18)15-6-10-17(11-7-15)22(23,24)25/h6-14,19,26H,1-5H3/t19-/m0/s1. The van der Waals surface area contributed by atoms with Gasteiger partial charge in [-0.25, -0.2) is 8.42 Å². The first-order valence-corrected chi connectivity index (χ1v) is 11.1. The molecule has 0 heterocycles. The Hall–Kier alpha value is -2.39. The Morgan fingerprint density at radius 3 is 1.74 bits per heavy atom. The van der Waals surface area contributed by atoms with E-state index in [-0.39, 0.29) is 10.8 Å². The molecule has 2 aromatic rings. The third kappa shape index (κ3) is 6.80. The highest BCUT2D eigenvalue weighted by Gasteiger charge is 2.32. The van der Waals surface area contributed by atoms with E-state index in [4.69, 9.17) is 4.74 Å². The van der Waals surface area contributed by atoms with Crippen molar-refractivity contribution in [2.24, 2.45) is 5.92 Å². The van der Waals surface area contributed by atoms with E-state index >= 15 is 0 Å². The summed E-state index contributed by atoms with van der Waals surface area (Å²) in [5.41, 5.74) is -0.459. The van der Waals surface area contributed by atoms with Crippen LogP contribution in [-0.2, 0) is 25.7 Å². The van der Waals surface area contributed by atoms with Crippen LogP contribution in [0.5, 0.6) is 0 Å². The Morgan fingerprint density at radius 2 is 1.35 bits per heavy atom. The van der Waals surface area contributed by atoms with Crippen molar-refractivity contribution in [1.82, 2.24) is 4.72 Å². The van der Waals surface area contributed by atoms with E-state index in [1.807, 2.05) is 0 Å². The second kappa shape index (κ2) is 9.00. The molecule has 0 unspecified atom stereocenters. The van der Waals surface area contributed by atoms with Gasteiger partial charge in [0.1, 0.15) is 11.6 Å². The molecule has 0 radical (unpaired) electrons. The topological polar surface area (TPSA) is 72.5 Å². The van der Waals surface area contributed by atoms with Crippen molar-refractivity contribution >= 4 is 16.0 Å². The number of sulfonamides is 1. The Kier molecular flexibility index (Phi) is 7.22. The van der Waals surface area contributed by atoms with Gasteiger partial charge in [-0.05, 0) is 62.1 Å². The van der Waals surface area contributed by atoms with Crippen LogP contribution in [0.15, 0.2) is 53.4 Å². The van der Waals surface area contributed by atoms with Crippen molar-refractivity contribution in [2.75, 3.05) is 0 Å². The van der Waals surface area contributed by atoms with Gasteiger partial charge in [-0.2, -0.15) is 17.9 Å². The molecule has 0 bridgehead atoms. The number of nitrogens with one attached hydrogen (secondary N) is 1. The highest BCUT2D eigenvalue weighted by molar-refractivity contribution is 7.89. The molecule has 0 aliphatic carbocycles. The first-order chi connectivity index (χ1) is 14.1. The summed E-state index contributed by atoms with van der Waals surface area (Å²) in [5.74, 6) is -1.02. The van der Waals surface area contributed by atoms with Gasteiger partial charge < -0.3 is 4.74 Å². The van der Waals surface area contributed by atoms with Crippen molar-refractivity contribution in [3.8, 4) is 11.1 Å². The van der Waals surface area contributed by atoms with Gasteiger partial charge in [0.2, 0.25) is 10.0 Å². The molecule has 170 valence electrons. The van der Waals surface area contributed by atoms with Crippen LogP contribution in [0.2, 0.25) is 0 Å². The first-order valence-electron chi connectivity index (χ1n) is 9.63. The number of hydrogen-bond acceptors (Lipinski definition) is 4. The normalized spacial score (nSPS) is 13.8. The lowest BCUT2D eigenvalue weighted by molar-refractivity contribution is -0.158. The van der Waals surface area contributed by atoms with E-state index < -0.39 is 39.4 Å². The van der Waals surface area contributed by atoms with Crippen molar-refractivity contribution in [3.05, 3.63) is 54.1 Å². The molecule has 31 heavy (non-hydrogen) atoms. The summed E-state index contributed by atoms with van der Waals surface area (Å²) in [5, 5.41) is 0. The van der Waals surface area contributed by atoms with Crippen molar-refractivity contribution < 1.29 is 31.1 Å². The summed E-state index contributed by atoms with van der Waals surface area (Å²) >= 11 is 0. The van der Waals surface area contributed by atoms with E-state index in [0.29, 0.717) is 11.1 Å². The quantitative estimate of drug-likeness (QED) is 0.619. The summed E-state index contributed by atoms with van der Waals surface area (Å²) < 4.78 is 71.4. The molecule has 9 heteroatoms.